The lowest BCUT2D eigenvalue weighted by atomic mass is 9.99. The predicted octanol–water partition coefficient (Wildman–Crippen LogP) is 0.631. The number of aliphatic hydroxyl groups is 1. The molecule has 1 N–H and O–H groups in total. The fourth-order valence-electron chi connectivity index (χ4n) is 1.36. The quantitative estimate of drug-likeness (QED) is 0.447. The molecule has 0 aromatic rings. The molecule has 62 valence electrons. The molecule has 1 unspecified atom stereocenters. The first kappa shape index (κ1) is 8.27. The summed E-state index contributed by atoms with van der Waals surface area (Å²) in [6, 6.07) is 0. The maximum Gasteiger partial charge on any atom is 0.342 e. The molecule has 11 heavy (non-hydrogen) atoms. The van der Waals surface area contributed by atoms with Crippen molar-refractivity contribution < 1.29 is 14.6 Å². The number of ether oxygens (including phenoxy) is 1. The van der Waals surface area contributed by atoms with Gasteiger partial charge in [-0.1, -0.05) is 6.58 Å². The van der Waals surface area contributed by atoms with Gasteiger partial charge in [0, 0.05) is 0 Å². The van der Waals surface area contributed by atoms with Gasteiger partial charge in [0.15, 0.2) is 5.60 Å². The molecule has 1 saturated carbocycles. The highest BCUT2D eigenvalue weighted by molar-refractivity contribution is 5.83. The largest absolute Gasteiger partial charge is 0.467 e. The summed E-state index contributed by atoms with van der Waals surface area (Å²) in [5, 5.41) is 9.65. The Kier molecular flexibility index (Phi) is 2.00. The first-order valence-electron chi connectivity index (χ1n) is 3.60. The molecule has 0 bridgehead atoms. The van der Waals surface area contributed by atoms with E-state index in [1.165, 1.54) is 7.11 Å². The average Bonchev–Trinajstić information content (AvgIpc) is 2.32. The van der Waals surface area contributed by atoms with E-state index in [1.807, 2.05) is 0 Å². The van der Waals surface area contributed by atoms with Crippen LogP contribution in [0.3, 0.4) is 0 Å². The van der Waals surface area contributed by atoms with E-state index in [0.29, 0.717) is 18.4 Å². The van der Waals surface area contributed by atoms with Crippen molar-refractivity contribution in [2.75, 3.05) is 7.11 Å². The zero-order valence-electron chi connectivity index (χ0n) is 6.59. The number of esters is 1. The summed E-state index contributed by atoms with van der Waals surface area (Å²) in [6.07, 6.45) is 1.97. The van der Waals surface area contributed by atoms with Gasteiger partial charge in [-0.2, -0.15) is 0 Å². The Morgan fingerprint density at radius 3 is 2.82 bits per heavy atom. The Morgan fingerprint density at radius 2 is 2.45 bits per heavy atom. The number of hydrogen-bond acceptors (Lipinski definition) is 3. The summed E-state index contributed by atoms with van der Waals surface area (Å²) in [5.74, 6) is -0.583. The third-order valence-corrected chi connectivity index (χ3v) is 2.13. The second-order valence-electron chi connectivity index (χ2n) is 2.81. The SMILES string of the molecule is C=C1CCCC1(O)C(=O)OC. The number of hydrogen-bond donors (Lipinski definition) is 1. The maximum atomic E-state index is 11.0. The smallest absolute Gasteiger partial charge is 0.342 e. The number of rotatable bonds is 1. The van der Waals surface area contributed by atoms with Gasteiger partial charge in [0.1, 0.15) is 0 Å². The van der Waals surface area contributed by atoms with Crippen LogP contribution < -0.4 is 0 Å². The lowest BCUT2D eigenvalue weighted by Gasteiger charge is -2.19. The minimum Gasteiger partial charge on any atom is -0.467 e. The Balaban J connectivity index is 2.80. The highest BCUT2D eigenvalue weighted by Crippen LogP contribution is 2.34. The minimum atomic E-state index is -1.39. The fourth-order valence-corrected chi connectivity index (χ4v) is 1.36. The van der Waals surface area contributed by atoms with Crippen molar-refractivity contribution in [2.24, 2.45) is 0 Å². The second kappa shape index (κ2) is 2.66. The normalized spacial score (nSPS) is 30.5. The molecule has 1 fully saturated rings. The molecule has 3 nitrogen and oxygen atoms in total. The summed E-state index contributed by atoms with van der Waals surface area (Å²) in [6.45, 7) is 3.63. The summed E-state index contributed by atoms with van der Waals surface area (Å²) >= 11 is 0. The molecule has 0 heterocycles. The molecule has 0 saturated heterocycles. The summed E-state index contributed by atoms with van der Waals surface area (Å²) in [5.41, 5.74) is -0.821. The van der Waals surface area contributed by atoms with Crippen LogP contribution in [0, 0.1) is 0 Å². The first-order valence-corrected chi connectivity index (χ1v) is 3.60. The topological polar surface area (TPSA) is 46.5 Å². The van der Waals surface area contributed by atoms with Crippen LogP contribution in [0.4, 0.5) is 0 Å². The number of carbonyl (C=O) groups is 1. The molecule has 0 aromatic carbocycles. The van der Waals surface area contributed by atoms with Crippen molar-refractivity contribution in [1.82, 2.24) is 0 Å². The number of methoxy groups -OCH3 is 1. The molecule has 0 radical (unpaired) electrons. The molecule has 0 aliphatic heterocycles. The Labute approximate surface area is 65.7 Å². The first-order chi connectivity index (χ1) is 5.11. The molecule has 1 atom stereocenters. The molecular weight excluding hydrogens is 144 g/mol. The van der Waals surface area contributed by atoms with Crippen molar-refractivity contribution >= 4 is 5.97 Å². The summed E-state index contributed by atoms with van der Waals surface area (Å²) < 4.78 is 4.46. The van der Waals surface area contributed by atoms with Gasteiger partial charge in [0.05, 0.1) is 7.11 Å². The van der Waals surface area contributed by atoms with Crippen LogP contribution in [-0.2, 0) is 9.53 Å². The van der Waals surface area contributed by atoms with E-state index in [0.717, 1.165) is 6.42 Å². The van der Waals surface area contributed by atoms with Gasteiger partial charge >= 0.3 is 5.97 Å². The zero-order chi connectivity index (χ0) is 8.48. The molecule has 0 amide bonds. The van der Waals surface area contributed by atoms with E-state index in [9.17, 15) is 9.90 Å². The molecule has 1 aliphatic carbocycles. The summed E-state index contributed by atoms with van der Waals surface area (Å²) in [7, 11) is 1.27. The lowest BCUT2D eigenvalue weighted by molar-refractivity contribution is -0.157. The maximum absolute atomic E-state index is 11.0. The third kappa shape index (κ3) is 1.16. The Morgan fingerprint density at radius 1 is 1.82 bits per heavy atom. The highest BCUT2D eigenvalue weighted by atomic mass is 16.5. The van der Waals surface area contributed by atoms with E-state index in [4.69, 9.17) is 0 Å². The van der Waals surface area contributed by atoms with Crippen molar-refractivity contribution in [3.8, 4) is 0 Å². The zero-order valence-corrected chi connectivity index (χ0v) is 6.59. The monoisotopic (exact) mass is 156 g/mol. The second-order valence-corrected chi connectivity index (χ2v) is 2.81. The van der Waals surface area contributed by atoms with Crippen LogP contribution in [0.25, 0.3) is 0 Å². The van der Waals surface area contributed by atoms with Gasteiger partial charge in [-0.05, 0) is 24.8 Å². The average molecular weight is 156 g/mol. The van der Waals surface area contributed by atoms with Gasteiger partial charge in [-0.15, -0.1) is 0 Å². The predicted molar refractivity (Wildman–Crippen MR) is 40.0 cm³/mol. The van der Waals surface area contributed by atoms with Gasteiger partial charge in [0.2, 0.25) is 0 Å². The third-order valence-electron chi connectivity index (χ3n) is 2.13. The van der Waals surface area contributed by atoms with E-state index >= 15 is 0 Å². The van der Waals surface area contributed by atoms with Crippen LogP contribution in [0.2, 0.25) is 0 Å². The fraction of sp³-hybridized carbons (Fsp3) is 0.625. The van der Waals surface area contributed by atoms with Crippen LogP contribution in [-0.4, -0.2) is 23.8 Å². The van der Waals surface area contributed by atoms with Crippen molar-refractivity contribution in [2.45, 2.75) is 24.9 Å². The van der Waals surface area contributed by atoms with Crippen LogP contribution >= 0.6 is 0 Å². The lowest BCUT2D eigenvalue weighted by Crippen LogP contribution is -2.37. The van der Waals surface area contributed by atoms with E-state index in [2.05, 4.69) is 11.3 Å². The molecular formula is C8H12O3. The van der Waals surface area contributed by atoms with Gasteiger partial charge in [-0.25, -0.2) is 4.79 Å². The number of carbonyl (C=O) groups excluding carboxylic acids is 1. The van der Waals surface area contributed by atoms with Gasteiger partial charge < -0.3 is 9.84 Å². The van der Waals surface area contributed by atoms with E-state index < -0.39 is 11.6 Å². The van der Waals surface area contributed by atoms with Gasteiger partial charge in [-0.3, -0.25) is 0 Å². The molecule has 0 aromatic heterocycles. The summed E-state index contributed by atoms with van der Waals surface area (Å²) in [4.78, 5) is 11.0. The van der Waals surface area contributed by atoms with Crippen LogP contribution in [0.5, 0.6) is 0 Å². The van der Waals surface area contributed by atoms with Crippen molar-refractivity contribution in [1.29, 1.82) is 0 Å². The highest BCUT2D eigenvalue weighted by Gasteiger charge is 2.43. The van der Waals surface area contributed by atoms with E-state index in [1.54, 1.807) is 0 Å². The Bertz CT molecular complexity index is 198. The molecule has 1 rings (SSSR count). The molecule has 1 aliphatic rings. The minimum absolute atomic E-state index is 0.443. The molecule has 3 heteroatoms. The standard InChI is InChI=1S/C8H12O3/c1-6-4-3-5-8(6,10)7(9)11-2/h10H,1,3-5H2,2H3. The van der Waals surface area contributed by atoms with Crippen LogP contribution in [0.1, 0.15) is 19.3 Å². The van der Waals surface area contributed by atoms with Crippen LogP contribution in [0.15, 0.2) is 12.2 Å². The van der Waals surface area contributed by atoms with Crippen molar-refractivity contribution in [3.63, 3.8) is 0 Å². The Hall–Kier alpha value is -0.830. The van der Waals surface area contributed by atoms with Crippen molar-refractivity contribution in [3.05, 3.63) is 12.2 Å². The van der Waals surface area contributed by atoms with Gasteiger partial charge in [0.25, 0.3) is 0 Å². The molecule has 0 spiro atoms. The van der Waals surface area contributed by atoms with E-state index in [-0.39, 0.29) is 0 Å².